The minimum atomic E-state index is 0.264. The summed E-state index contributed by atoms with van der Waals surface area (Å²) < 4.78 is 4.83. The van der Waals surface area contributed by atoms with Crippen LogP contribution in [0.4, 0.5) is 0 Å². The summed E-state index contributed by atoms with van der Waals surface area (Å²) in [6.45, 7) is 0. The maximum Gasteiger partial charge on any atom is 0.160 e. The van der Waals surface area contributed by atoms with Crippen LogP contribution in [0.15, 0.2) is 218 Å². The van der Waals surface area contributed by atoms with Gasteiger partial charge in [-0.3, -0.25) is 0 Å². The van der Waals surface area contributed by atoms with Crippen LogP contribution >= 0.6 is 0 Å². The zero-order chi connectivity index (χ0) is 42.1. The van der Waals surface area contributed by atoms with E-state index in [1.807, 2.05) is 0 Å². The summed E-state index contributed by atoms with van der Waals surface area (Å²) in [5.41, 5.74) is 16.1. The van der Waals surface area contributed by atoms with Crippen LogP contribution in [0.1, 0.15) is 22.7 Å². The minimum absolute atomic E-state index is 0.264. The first-order chi connectivity index (χ1) is 31.7. The predicted octanol–water partition coefficient (Wildman–Crippen LogP) is 15.2. The molecular formula is C60H40N4. The first-order valence-corrected chi connectivity index (χ1v) is 22.1. The molecule has 1 atom stereocenters. The van der Waals surface area contributed by atoms with E-state index in [2.05, 4.69) is 234 Å². The van der Waals surface area contributed by atoms with Gasteiger partial charge in [0.15, 0.2) is 5.82 Å². The van der Waals surface area contributed by atoms with Crippen molar-refractivity contribution in [2.24, 2.45) is 0 Å². The predicted molar refractivity (Wildman–Crippen MR) is 266 cm³/mol. The van der Waals surface area contributed by atoms with E-state index in [9.17, 15) is 0 Å². The van der Waals surface area contributed by atoms with Crippen LogP contribution in [-0.4, -0.2) is 19.1 Å². The second-order valence-electron chi connectivity index (χ2n) is 16.9. The number of hydrogen-bond acceptors (Lipinski definition) is 2. The highest BCUT2D eigenvalue weighted by atomic mass is 15.0. The number of nitrogens with zero attached hydrogens (tertiary/aromatic N) is 4. The summed E-state index contributed by atoms with van der Waals surface area (Å²) in [4.78, 5) is 10.6. The number of hydrogen-bond donors (Lipinski definition) is 0. The highest BCUT2D eigenvalue weighted by molar-refractivity contribution is 6.19. The SMILES string of the molecule is C1=CC(c2ccc(-c3nc(-c4ccccc4)c4cc(-c5ccc6c7ccc8ccccc8c7n(-c7ccccc7)c6c5)ccc4n3)cc2)Cc2c1n(-c1ccccc1)c1ccccc21. The van der Waals surface area contributed by atoms with Crippen LogP contribution < -0.4 is 0 Å². The van der Waals surface area contributed by atoms with Gasteiger partial charge in [0.2, 0.25) is 0 Å². The van der Waals surface area contributed by atoms with Crippen molar-refractivity contribution in [3.8, 4) is 45.1 Å². The molecule has 0 bridgehead atoms. The molecule has 1 aliphatic rings. The van der Waals surface area contributed by atoms with E-state index in [1.165, 1.54) is 66.0 Å². The molecule has 4 nitrogen and oxygen atoms in total. The van der Waals surface area contributed by atoms with E-state index in [-0.39, 0.29) is 5.92 Å². The molecule has 0 radical (unpaired) electrons. The Bertz CT molecular complexity index is 3790. The Kier molecular flexibility index (Phi) is 8.31. The van der Waals surface area contributed by atoms with Crippen molar-refractivity contribution in [1.82, 2.24) is 19.1 Å². The molecule has 12 aromatic rings. The smallest absolute Gasteiger partial charge is 0.160 e. The van der Waals surface area contributed by atoms with Crippen molar-refractivity contribution >= 4 is 60.5 Å². The van der Waals surface area contributed by atoms with Gasteiger partial charge in [0.05, 0.1) is 27.8 Å². The van der Waals surface area contributed by atoms with E-state index in [0.29, 0.717) is 0 Å². The van der Waals surface area contributed by atoms with Gasteiger partial charge in [0.1, 0.15) is 0 Å². The molecule has 0 amide bonds. The molecule has 9 aromatic carbocycles. The molecule has 1 aliphatic carbocycles. The van der Waals surface area contributed by atoms with E-state index < -0.39 is 0 Å². The number of fused-ring (bicyclic) bond motifs is 9. The number of allylic oxidation sites excluding steroid dienone is 1. The van der Waals surface area contributed by atoms with Crippen molar-refractivity contribution in [3.05, 3.63) is 235 Å². The molecular weight excluding hydrogens is 777 g/mol. The monoisotopic (exact) mass is 816 g/mol. The average molecular weight is 817 g/mol. The summed E-state index contributed by atoms with van der Waals surface area (Å²) in [6.07, 6.45) is 5.63. The Morgan fingerprint density at radius 3 is 1.86 bits per heavy atom. The quantitative estimate of drug-likeness (QED) is 0.168. The number of rotatable bonds is 6. The lowest BCUT2D eigenvalue weighted by atomic mass is 9.86. The largest absolute Gasteiger partial charge is 0.310 e. The molecule has 3 heterocycles. The Hall–Kier alpha value is -8.34. The third kappa shape index (κ3) is 5.84. The molecule has 0 spiro atoms. The molecule has 3 aromatic heterocycles. The van der Waals surface area contributed by atoms with Crippen LogP contribution in [0.3, 0.4) is 0 Å². The summed E-state index contributed by atoms with van der Waals surface area (Å²) in [5, 5.41) is 7.31. The van der Waals surface area contributed by atoms with Gasteiger partial charge >= 0.3 is 0 Å². The number of aromatic nitrogens is 4. The highest BCUT2D eigenvalue weighted by Gasteiger charge is 2.24. The lowest BCUT2D eigenvalue weighted by Gasteiger charge is -2.20. The van der Waals surface area contributed by atoms with Crippen molar-refractivity contribution in [1.29, 1.82) is 0 Å². The molecule has 4 heteroatoms. The fourth-order valence-corrected chi connectivity index (χ4v) is 10.2. The average Bonchev–Trinajstić information content (AvgIpc) is 3.89. The fraction of sp³-hybridized carbons (Fsp3) is 0.0333. The minimum Gasteiger partial charge on any atom is -0.310 e. The number of benzene rings is 9. The van der Waals surface area contributed by atoms with Gasteiger partial charge in [-0.05, 0) is 88.7 Å². The molecule has 0 aliphatic heterocycles. The van der Waals surface area contributed by atoms with E-state index in [4.69, 9.17) is 9.97 Å². The Morgan fingerprint density at radius 2 is 1.06 bits per heavy atom. The molecule has 13 rings (SSSR count). The van der Waals surface area contributed by atoms with Gasteiger partial charge < -0.3 is 9.13 Å². The molecule has 300 valence electrons. The Balaban J connectivity index is 0.886. The standard InChI is InChI=1S/C60H40N4/c1-4-15-41(16-5-1)58-53-37-44(45-29-32-50-51-33-28-40-14-10-11-21-48(40)59(51)64(57(50)38-45)47-19-8-3-9-20-47)30-34-54(53)61-60(62-58)42-26-24-39(25-27-42)43-31-35-56-52(36-43)49-22-12-13-23-55(49)63(56)46-17-6-2-7-18-46/h1-35,37-38,43H,36H2. The molecule has 0 saturated heterocycles. The molecule has 64 heavy (non-hydrogen) atoms. The van der Waals surface area contributed by atoms with Gasteiger partial charge in [-0.1, -0.05) is 170 Å². The van der Waals surface area contributed by atoms with Gasteiger partial charge in [0.25, 0.3) is 0 Å². The molecule has 1 unspecified atom stereocenters. The lowest BCUT2D eigenvalue weighted by molar-refractivity contribution is 0.825. The van der Waals surface area contributed by atoms with E-state index >= 15 is 0 Å². The second-order valence-corrected chi connectivity index (χ2v) is 16.9. The van der Waals surface area contributed by atoms with Gasteiger partial charge in [-0.15, -0.1) is 0 Å². The molecule has 0 fully saturated rings. The Labute approximate surface area is 370 Å². The zero-order valence-corrected chi connectivity index (χ0v) is 34.9. The van der Waals surface area contributed by atoms with Gasteiger partial charge in [-0.2, -0.15) is 0 Å². The Morgan fingerprint density at radius 1 is 0.422 bits per heavy atom. The third-order valence-electron chi connectivity index (χ3n) is 13.3. The maximum atomic E-state index is 5.34. The first-order valence-electron chi connectivity index (χ1n) is 22.1. The van der Waals surface area contributed by atoms with E-state index in [0.717, 1.165) is 56.8 Å². The van der Waals surface area contributed by atoms with Crippen molar-refractivity contribution in [3.63, 3.8) is 0 Å². The van der Waals surface area contributed by atoms with Crippen LogP contribution in [0.2, 0.25) is 0 Å². The second kappa shape index (κ2) is 14.6. The third-order valence-corrected chi connectivity index (χ3v) is 13.3. The first kappa shape index (κ1) is 36.3. The molecule has 0 N–H and O–H groups in total. The zero-order valence-electron chi connectivity index (χ0n) is 34.9. The van der Waals surface area contributed by atoms with Crippen LogP contribution in [0, 0.1) is 0 Å². The topological polar surface area (TPSA) is 35.6 Å². The van der Waals surface area contributed by atoms with Gasteiger partial charge in [0, 0.05) is 61.0 Å². The highest BCUT2D eigenvalue weighted by Crippen LogP contribution is 2.41. The van der Waals surface area contributed by atoms with Crippen molar-refractivity contribution in [2.45, 2.75) is 12.3 Å². The fourth-order valence-electron chi connectivity index (χ4n) is 10.2. The summed E-state index contributed by atoms with van der Waals surface area (Å²) >= 11 is 0. The number of para-hydroxylation sites is 3. The summed E-state index contributed by atoms with van der Waals surface area (Å²) in [7, 11) is 0. The van der Waals surface area contributed by atoms with E-state index in [1.54, 1.807) is 0 Å². The lowest BCUT2D eigenvalue weighted by Crippen LogP contribution is -2.07. The van der Waals surface area contributed by atoms with Crippen molar-refractivity contribution in [2.75, 3.05) is 0 Å². The van der Waals surface area contributed by atoms with Crippen LogP contribution in [0.25, 0.3) is 106 Å². The summed E-state index contributed by atoms with van der Waals surface area (Å²) in [6, 6.07) is 76.4. The van der Waals surface area contributed by atoms with Crippen LogP contribution in [-0.2, 0) is 6.42 Å². The van der Waals surface area contributed by atoms with Crippen molar-refractivity contribution < 1.29 is 0 Å². The molecule has 0 saturated carbocycles. The van der Waals surface area contributed by atoms with Crippen LogP contribution in [0.5, 0.6) is 0 Å². The van der Waals surface area contributed by atoms with Gasteiger partial charge in [-0.25, -0.2) is 9.97 Å². The normalized spacial score (nSPS) is 13.7. The maximum absolute atomic E-state index is 5.34. The summed E-state index contributed by atoms with van der Waals surface area (Å²) in [5.74, 6) is 0.985.